The van der Waals surface area contributed by atoms with Crippen molar-refractivity contribution in [2.24, 2.45) is 0 Å². The van der Waals surface area contributed by atoms with Crippen molar-refractivity contribution in [1.82, 2.24) is 14.7 Å². The van der Waals surface area contributed by atoms with Crippen LogP contribution in [0.1, 0.15) is 6.92 Å². The molecule has 0 amide bonds. The Hall–Kier alpha value is -0.470. The molecule has 17 heavy (non-hydrogen) atoms. The normalized spacial score (nSPS) is 21.6. The van der Waals surface area contributed by atoms with Crippen molar-refractivity contribution < 1.29 is 4.74 Å². The number of likely N-dealkylation sites (N-methyl/N-ethyl adjacent to an activating group) is 1. The summed E-state index contributed by atoms with van der Waals surface area (Å²) in [4.78, 5) is 14.0. The molecule has 2 heterocycles. The molecule has 1 fully saturated rings. The first-order chi connectivity index (χ1) is 8.19. The fraction of sp³-hybridized carbons (Fsp3) is 0.636. The fourth-order valence-corrected chi connectivity index (χ4v) is 2.31. The van der Waals surface area contributed by atoms with Gasteiger partial charge in [0.15, 0.2) is 0 Å². The van der Waals surface area contributed by atoms with E-state index in [0.717, 1.165) is 29.8 Å². The minimum Gasteiger partial charge on any atom is -0.374 e. The lowest BCUT2D eigenvalue weighted by Gasteiger charge is -2.31. The maximum Gasteiger partial charge on any atom is 0.267 e. The van der Waals surface area contributed by atoms with Crippen molar-refractivity contribution in [2.45, 2.75) is 19.6 Å². The average molecular weight is 349 g/mol. The number of nitrogens with zero attached hydrogens (tertiary/aromatic N) is 3. The number of rotatable bonds is 3. The average Bonchev–Trinajstić information content (AvgIpc) is 2.33. The van der Waals surface area contributed by atoms with E-state index < -0.39 is 0 Å². The summed E-state index contributed by atoms with van der Waals surface area (Å²) in [5.41, 5.74) is -0.0610. The van der Waals surface area contributed by atoms with Crippen LogP contribution in [-0.2, 0) is 11.3 Å². The largest absolute Gasteiger partial charge is 0.374 e. The molecule has 0 aromatic carbocycles. The van der Waals surface area contributed by atoms with Crippen LogP contribution in [0.2, 0.25) is 0 Å². The number of morpholine rings is 1. The number of aromatic nitrogens is 2. The van der Waals surface area contributed by atoms with E-state index in [2.05, 4.69) is 39.5 Å². The molecule has 0 N–H and O–H groups in total. The van der Waals surface area contributed by atoms with Gasteiger partial charge in [-0.05, 0) is 29.1 Å². The number of ether oxygens (including phenoxy) is 1. The summed E-state index contributed by atoms with van der Waals surface area (Å²) in [6, 6.07) is 1.59. The minimum atomic E-state index is -0.0610. The second-order valence-corrected chi connectivity index (χ2v) is 5.33. The molecule has 5 nitrogen and oxygen atoms in total. The number of hydrogen-bond donors (Lipinski definition) is 0. The van der Waals surface area contributed by atoms with E-state index in [-0.39, 0.29) is 11.7 Å². The first-order valence-electron chi connectivity index (χ1n) is 5.75. The molecule has 0 bridgehead atoms. The zero-order valence-electron chi connectivity index (χ0n) is 9.80. The zero-order chi connectivity index (χ0) is 12.3. The highest BCUT2D eigenvalue weighted by Gasteiger charge is 2.20. The third kappa shape index (κ3) is 3.49. The van der Waals surface area contributed by atoms with E-state index >= 15 is 0 Å². The van der Waals surface area contributed by atoms with Gasteiger partial charge in [0.1, 0.15) is 0 Å². The van der Waals surface area contributed by atoms with Crippen LogP contribution in [0.5, 0.6) is 0 Å². The Morgan fingerprint density at radius 3 is 3.18 bits per heavy atom. The van der Waals surface area contributed by atoms with Crippen LogP contribution in [-0.4, -0.2) is 47.0 Å². The molecule has 1 aliphatic heterocycles. The van der Waals surface area contributed by atoms with Crippen LogP contribution in [0.3, 0.4) is 0 Å². The van der Waals surface area contributed by atoms with Gasteiger partial charge in [0.25, 0.3) is 5.56 Å². The summed E-state index contributed by atoms with van der Waals surface area (Å²) < 4.78 is 8.00. The molecule has 2 rings (SSSR count). The van der Waals surface area contributed by atoms with Gasteiger partial charge in [-0.15, -0.1) is 0 Å². The molecule has 0 aliphatic carbocycles. The lowest BCUT2D eigenvalue weighted by Crippen LogP contribution is -2.45. The lowest BCUT2D eigenvalue weighted by atomic mass is 10.2. The Kier molecular flexibility index (Phi) is 4.52. The molecular weight excluding hydrogens is 333 g/mol. The van der Waals surface area contributed by atoms with E-state index in [1.807, 2.05) is 0 Å². The van der Waals surface area contributed by atoms with Crippen LogP contribution in [0.25, 0.3) is 0 Å². The topological polar surface area (TPSA) is 47.4 Å². The van der Waals surface area contributed by atoms with Crippen LogP contribution in [0.4, 0.5) is 0 Å². The molecule has 1 saturated heterocycles. The van der Waals surface area contributed by atoms with Crippen molar-refractivity contribution in [2.75, 3.05) is 26.2 Å². The van der Waals surface area contributed by atoms with E-state index in [4.69, 9.17) is 4.74 Å². The molecule has 94 valence electrons. The molecule has 1 unspecified atom stereocenters. The SMILES string of the molecule is CCN1CCOC(Cn2ncc(I)cc2=O)C1. The van der Waals surface area contributed by atoms with Crippen molar-refractivity contribution >= 4 is 22.6 Å². The Bertz CT molecular complexity index is 435. The van der Waals surface area contributed by atoms with Gasteiger partial charge < -0.3 is 4.74 Å². The molecule has 1 aromatic rings. The van der Waals surface area contributed by atoms with E-state index in [9.17, 15) is 4.79 Å². The number of halogens is 1. The Morgan fingerprint density at radius 2 is 2.47 bits per heavy atom. The fourth-order valence-electron chi connectivity index (χ4n) is 1.92. The Labute approximate surface area is 114 Å². The molecule has 6 heteroatoms. The summed E-state index contributed by atoms with van der Waals surface area (Å²) in [6.07, 6.45) is 1.76. The molecule has 1 aliphatic rings. The standard InChI is InChI=1S/C11H16IN3O2/c1-2-14-3-4-17-10(7-14)8-15-11(16)5-9(12)6-13-15/h5-6,10H,2-4,7-8H2,1H3. The van der Waals surface area contributed by atoms with E-state index in [1.54, 1.807) is 12.3 Å². The monoisotopic (exact) mass is 349 g/mol. The second-order valence-electron chi connectivity index (χ2n) is 4.08. The van der Waals surface area contributed by atoms with E-state index in [1.165, 1.54) is 4.68 Å². The summed E-state index contributed by atoms with van der Waals surface area (Å²) in [5, 5.41) is 4.12. The Balaban J connectivity index is 2.02. The maximum absolute atomic E-state index is 11.7. The summed E-state index contributed by atoms with van der Waals surface area (Å²) in [6.45, 7) is 6.27. The van der Waals surface area contributed by atoms with Gasteiger partial charge in [0.05, 0.1) is 25.5 Å². The highest BCUT2D eigenvalue weighted by molar-refractivity contribution is 14.1. The quantitative estimate of drug-likeness (QED) is 0.749. The van der Waals surface area contributed by atoms with Crippen LogP contribution >= 0.6 is 22.6 Å². The van der Waals surface area contributed by atoms with Gasteiger partial charge in [0.2, 0.25) is 0 Å². The highest BCUT2D eigenvalue weighted by Crippen LogP contribution is 2.06. The molecule has 0 spiro atoms. The molecule has 0 radical (unpaired) electrons. The van der Waals surface area contributed by atoms with Crippen molar-refractivity contribution in [3.63, 3.8) is 0 Å². The number of hydrogen-bond acceptors (Lipinski definition) is 4. The van der Waals surface area contributed by atoms with Crippen LogP contribution in [0, 0.1) is 3.57 Å². The van der Waals surface area contributed by atoms with Crippen molar-refractivity contribution in [3.8, 4) is 0 Å². The van der Waals surface area contributed by atoms with Crippen molar-refractivity contribution in [3.05, 3.63) is 26.2 Å². The van der Waals surface area contributed by atoms with Gasteiger partial charge in [0, 0.05) is 22.7 Å². The zero-order valence-corrected chi connectivity index (χ0v) is 12.0. The first kappa shape index (κ1) is 13.0. The minimum absolute atomic E-state index is 0.0610. The van der Waals surface area contributed by atoms with Crippen LogP contribution < -0.4 is 5.56 Å². The molecule has 1 atom stereocenters. The second kappa shape index (κ2) is 5.92. The Morgan fingerprint density at radius 1 is 1.65 bits per heavy atom. The predicted octanol–water partition coefficient (Wildman–Crippen LogP) is 0.569. The van der Waals surface area contributed by atoms with Gasteiger partial charge >= 0.3 is 0 Å². The first-order valence-corrected chi connectivity index (χ1v) is 6.83. The van der Waals surface area contributed by atoms with Gasteiger partial charge in [-0.1, -0.05) is 6.92 Å². The third-order valence-corrected chi connectivity index (χ3v) is 3.47. The van der Waals surface area contributed by atoms with Crippen molar-refractivity contribution in [1.29, 1.82) is 0 Å². The smallest absolute Gasteiger partial charge is 0.267 e. The molecular formula is C11H16IN3O2. The van der Waals surface area contributed by atoms with Crippen LogP contribution in [0.15, 0.2) is 17.1 Å². The molecule has 1 aromatic heterocycles. The highest BCUT2D eigenvalue weighted by atomic mass is 127. The van der Waals surface area contributed by atoms with E-state index in [0.29, 0.717) is 6.54 Å². The predicted molar refractivity (Wildman–Crippen MR) is 73.1 cm³/mol. The summed E-state index contributed by atoms with van der Waals surface area (Å²) >= 11 is 2.09. The van der Waals surface area contributed by atoms with Gasteiger partial charge in [-0.3, -0.25) is 9.69 Å². The lowest BCUT2D eigenvalue weighted by molar-refractivity contribution is -0.0364. The molecule has 0 saturated carbocycles. The third-order valence-electron chi connectivity index (χ3n) is 2.88. The summed E-state index contributed by atoms with van der Waals surface area (Å²) in [5.74, 6) is 0. The van der Waals surface area contributed by atoms with Gasteiger partial charge in [-0.2, -0.15) is 5.10 Å². The van der Waals surface area contributed by atoms with Gasteiger partial charge in [-0.25, -0.2) is 4.68 Å². The maximum atomic E-state index is 11.7. The summed E-state index contributed by atoms with van der Waals surface area (Å²) in [7, 11) is 0.